The largest absolute Gasteiger partial charge is 0.404 e. The van der Waals surface area contributed by atoms with E-state index < -0.39 is 0 Å². The normalized spacial score (nSPS) is 15.7. The summed E-state index contributed by atoms with van der Waals surface area (Å²) >= 11 is 1.58. The van der Waals surface area contributed by atoms with Crippen molar-refractivity contribution in [3.05, 3.63) is 54.7 Å². The van der Waals surface area contributed by atoms with Gasteiger partial charge in [-0.2, -0.15) is 0 Å². The van der Waals surface area contributed by atoms with E-state index in [0.717, 1.165) is 59.7 Å². The van der Waals surface area contributed by atoms with Crippen LogP contribution in [-0.4, -0.2) is 58.8 Å². The number of hydrogen-bond donors (Lipinski definition) is 2. The van der Waals surface area contributed by atoms with Gasteiger partial charge in [-0.25, -0.2) is 9.29 Å². The van der Waals surface area contributed by atoms with Crippen LogP contribution in [0.4, 0.5) is 5.69 Å². The summed E-state index contributed by atoms with van der Waals surface area (Å²) in [5.41, 5.74) is 11.7. The molecule has 8 nitrogen and oxygen atoms in total. The van der Waals surface area contributed by atoms with E-state index in [4.69, 9.17) is 15.5 Å². The Balaban J connectivity index is 1.57. The Hall–Kier alpha value is -3.01. The Morgan fingerprint density at radius 2 is 2.03 bits per heavy atom. The van der Waals surface area contributed by atoms with Gasteiger partial charge in [0.1, 0.15) is 0 Å². The first kappa shape index (κ1) is 20.3. The second-order valence-electron chi connectivity index (χ2n) is 6.67. The first-order valence-electron chi connectivity index (χ1n) is 9.59. The number of rotatable bonds is 6. The summed E-state index contributed by atoms with van der Waals surface area (Å²) in [5, 5.41) is 0. The van der Waals surface area contributed by atoms with Crippen molar-refractivity contribution in [1.29, 1.82) is 0 Å². The molecule has 1 aliphatic rings. The second kappa shape index (κ2) is 9.66. The molecule has 3 heterocycles. The molecule has 3 N–H and O–H groups in total. The molecule has 1 aliphatic heterocycles. The van der Waals surface area contributed by atoms with E-state index in [1.807, 2.05) is 30.6 Å². The summed E-state index contributed by atoms with van der Waals surface area (Å²) in [5.74, 6) is 0. The summed E-state index contributed by atoms with van der Waals surface area (Å²) in [7, 11) is 1.70. The minimum Gasteiger partial charge on any atom is -0.404 e. The van der Waals surface area contributed by atoms with Gasteiger partial charge < -0.3 is 15.2 Å². The zero-order valence-corrected chi connectivity index (χ0v) is 17.5. The number of nitrogens with zero attached hydrogens (tertiary/aromatic N) is 5. The highest BCUT2D eigenvalue weighted by molar-refractivity contribution is 7.98. The first-order chi connectivity index (χ1) is 14.8. The molecule has 2 aromatic heterocycles. The van der Waals surface area contributed by atoms with Crippen LogP contribution >= 0.6 is 12.1 Å². The van der Waals surface area contributed by atoms with E-state index in [9.17, 15) is 0 Å². The van der Waals surface area contributed by atoms with E-state index >= 15 is 0 Å². The summed E-state index contributed by atoms with van der Waals surface area (Å²) < 4.78 is 11.0. The molecule has 0 aliphatic carbocycles. The summed E-state index contributed by atoms with van der Waals surface area (Å²) in [6.45, 7) is 3.33. The molecule has 1 saturated heterocycles. The maximum Gasteiger partial charge on any atom is 0.0922 e. The summed E-state index contributed by atoms with van der Waals surface area (Å²) in [6, 6.07) is 8.08. The predicted molar refractivity (Wildman–Crippen MR) is 123 cm³/mol. The van der Waals surface area contributed by atoms with Gasteiger partial charge in [0.25, 0.3) is 0 Å². The monoisotopic (exact) mass is 421 g/mol. The van der Waals surface area contributed by atoms with Crippen molar-refractivity contribution in [2.45, 2.75) is 0 Å². The minimum absolute atomic E-state index is 0.684. The van der Waals surface area contributed by atoms with E-state index in [-0.39, 0.29) is 0 Å². The fourth-order valence-electron chi connectivity index (χ4n) is 3.07. The van der Waals surface area contributed by atoms with Crippen LogP contribution in [0.25, 0.3) is 27.7 Å². The lowest BCUT2D eigenvalue weighted by atomic mass is 10.1. The highest BCUT2D eigenvalue weighted by atomic mass is 32.2. The highest BCUT2D eigenvalue weighted by Gasteiger charge is 2.11. The number of anilines is 1. The number of nitrogens with one attached hydrogen (secondary N) is 1. The lowest BCUT2D eigenvalue weighted by molar-refractivity contribution is 0.0775. The van der Waals surface area contributed by atoms with Gasteiger partial charge in [0.2, 0.25) is 0 Å². The number of aromatic nitrogens is 3. The third kappa shape index (κ3) is 4.76. The van der Waals surface area contributed by atoms with Crippen LogP contribution in [0.5, 0.6) is 0 Å². The van der Waals surface area contributed by atoms with E-state index in [0.29, 0.717) is 5.69 Å². The van der Waals surface area contributed by atoms with Gasteiger partial charge in [-0.05, 0) is 23.8 Å². The molecule has 1 aromatic carbocycles. The Labute approximate surface area is 179 Å². The molecular weight excluding hydrogens is 398 g/mol. The number of allylic oxidation sites excluding steroid dienone is 1. The molecule has 30 heavy (non-hydrogen) atoms. The van der Waals surface area contributed by atoms with Crippen molar-refractivity contribution in [1.82, 2.24) is 19.3 Å². The van der Waals surface area contributed by atoms with E-state index in [1.54, 1.807) is 31.6 Å². The van der Waals surface area contributed by atoms with Crippen molar-refractivity contribution in [2.24, 2.45) is 10.7 Å². The molecule has 0 amide bonds. The number of fused-ring (bicyclic) bond motifs is 1. The lowest BCUT2D eigenvalue weighted by Crippen LogP contribution is -2.31. The molecule has 154 valence electrons. The van der Waals surface area contributed by atoms with Crippen molar-refractivity contribution in [3.8, 4) is 11.1 Å². The maximum atomic E-state index is 5.71. The number of hydrogen-bond acceptors (Lipinski definition) is 9. The molecule has 0 radical (unpaired) electrons. The third-order valence-corrected chi connectivity index (χ3v) is 5.57. The second-order valence-corrected chi connectivity index (χ2v) is 7.57. The van der Waals surface area contributed by atoms with Gasteiger partial charge in [-0.15, -0.1) is 0 Å². The van der Waals surface area contributed by atoms with Crippen molar-refractivity contribution >= 4 is 40.6 Å². The molecular formula is C21H23N7OS. The zero-order valence-electron chi connectivity index (χ0n) is 16.7. The lowest BCUT2D eigenvalue weighted by Gasteiger charge is -2.25. The van der Waals surface area contributed by atoms with Gasteiger partial charge in [-0.3, -0.25) is 15.0 Å². The minimum atomic E-state index is 0.684. The Bertz CT molecular complexity index is 1080. The van der Waals surface area contributed by atoms with E-state index in [2.05, 4.69) is 30.1 Å². The summed E-state index contributed by atoms with van der Waals surface area (Å²) in [6.07, 6.45) is 8.52. The smallest absolute Gasteiger partial charge is 0.0922 e. The molecule has 0 spiro atoms. The van der Waals surface area contributed by atoms with E-state index in [1.165, 1.54) is 6.20 Å². The average Bonchev–Trinajstić information content (AvgIpc) is 2.81. The standard InChI is InChI=1S/C21H23N7OS/c1-23-11-17(10-22)21-14-25-19-3-2-15(9-20(19)26-21)16-8-18(13-24-12-16)27-30-28-4-6-29-7-5-28/h2-3,8-14,27H,4-7,22H2,1H3/b17-10+,23-11?. The Morgan fingerprint density at radius 1 is 1.17 bits per heavy atom. The van der Waals surface area contributed by atoms with Crippen LogP contribution in [0.3, 0.4) is 0 Å². The quantitative estimate of drug-likeness (QED) is 0.463. The predicted octanol–water partition coefficient (Wildman–Crippen LogP) is 3.00. The van der Waals surface area contributed by atoms with Crippen molar-refractivity contribution in [3.63, 3.8) is 0 Å². The third-order valence-electron chi connectivity index (χ3n) is 4.62. The van der Waals surface area contributed by atoms with Crippen LogP contribution in [0.1, 0.15) is 5.69 Å². The molecule has 0 unspecified atom stereocenters. The molecule has 1 fully saturated rings. The van der Waals surface area contributed by atoms with Gasteiger partial charge in [0.05, 0.1) is 48.0 Å². The van der Waals surface area contributed by atoms with Gasteiger partial charge in [-0.1, -0.05) is 6.07 Å². The maximum absolute atomic E-state index is 5.71. The van der Waals surface area contributed by atoms with Gasteiger partial charge in [0, 0.05) is 62.0 Å². The Morgan fingerprint density at radius 3 is 2.83 bits per heavy atom. The fourth-order valence-corrected chi connectivity index (χ4v) is 3.75. The fraction of sp³-hybridized carbons (Fsp3) is 0.238. The topological polar surface area (TPSA) is 102 Å². The first-order valence-corrected chi connectivity index (χ1v) is 10.4. The summed E-state index contributed by atoms with van der Waals surface area (Å²) in [4.78, 5) is 17.6. The van der Waals surface area contributed by atoms with Crippen LogP contribution in [0, 0.1) is 0 Å². The number of benzene rings is 1. The van der Waals surface area contributed by atoms with Crippen LogP contribution in [-0.2, 0) is 4.74 Å². The molecule has 0 bridgehead atoms. The molecule has 0 atom stereocenters. The molecule has 3 aromatic rings. The van der Waals surface area contributed by atoms with Crippen molar-refractivity contribution < 1.29 is 4.74 Å². The van der Waals surface area contributed by atoms with Crippen LogP contribution in [0.2, 0.25) is 0 Å². The van der Waals surface area contributed by atoms with Gasteiger partial charge >= 0.3 is 0 Å². The zero-order chi connectivity index (χ0) is 20.8. The average molecular weight is 422 g/mol. The highest BCUT2D eigenvalue weighted by Crippen LogP contribution is 2.26. The number of aliphatic imine (C=N–C) groups is 1. The van der Waals surface area contributed by atoms with Gasteiger partial charge in [0.15, 0.2) is 0 Å². The number of morpholine rings is 1. The van der Waals surface area contributed by atoms with Crippen LogP contribution in [0.15, 0.2) is 54.0 Å². The van der Waals surface area contributed by atoms with Crippen LogP contribution < -0.4 is 10.5 Å². The van der Waals surface area contributed by atoms with Crippen molar-refractivity contribution in [2.75, 3.05) is 38.1 Å². The molecule has 9 heteroatoms. The SMILES string of the molecule is CN=C/C(=C\N)c1cnc2ccc(-c3cncc(NSN4CCOCC4)c3)cc2n1. The Kier molecular flexibility index (Phi) is 6.53. The number of nitrogens with two attached hydrogens (primary N) is 1. The number of pyridine rings is 1. The molecule has 4 rings (SSSR count). The molecule has 0 saturated carbocycles. The number of ether oxygens (including phenoxy) is 1.